The molecule has 19 heavy (non-hydrogen) atoms. The second-order valence-electron chi connectivity index (χ2n) is 4.95. The van der Waals surface area contributed by atoms with Crippen molar-refractivity contribution in [3.8, 4) is 0 Å². The van der Waals surface area contributed by atoms with Crippen molar-refractivity contribution in [3.63, 3.8) is 0 Å². The van der Waals surface area contributed by atoms with E-state index in [0.29, 0.717) is 17.8 Å². The number of benzene rings is 1. The molecule has 0 amide bonds. The van der Waals surface area contributed by atoms with Gasteiger partial charge in [0.1, 0.15) is 0 Å². The summed E-state index contributed by atoms with van der Waals surface area (Å²) in [7, 11) is -3.28. The lowest BCUT2D eigenvalue weighted by Crippen LogP contribution is -2.34. The molecule has 0 saturated carbocycles. The van der Waals surface area contributed by atoms with Crippen molar-refractivity contribution in [1.82, 2.24) is 9.62 Å². The Balaban J connectivity index is 1.81. The molecule has 3 N–H and O–H groups in total. The standard InChI is InChI=1S/C13H21N3O2S/c14-13-5-3-4-12(10-13)11-19(17,18)15-6-9-16-7-1-2-8-16/h3-5,10,15H,1-2,6-9,11,14H2. The van der Waals surface area contributed by atoms with E-state index in [0.717, 1.165) is 19.6 Å². The number of nitrogens with zero attached hydrogens (tertiary/aromatic N) is 1. The molecule has 6 heteroatoms. The lowest BCUT2D eigenvalue weighted by molar-refractivity contribution is 0.344. The summed E-state index contributed by atoms with van der Waals surface area (Å²) in [6, 6.07) is 6.98. The molecule has 0 aliphatic carbocycles. The maximum atomic E-state index is 11.9. The number of nitrogen functional groups attached to an aromatic ring is 1. The summed E-state index contributed by atoms with van der Waals surface area (Å²) in [5.74, 6) is -0.0158. The summed E-state index contributed by atoms with van der Waals surface area (Å²) >= 11 is 0. The summed E-state index contributed by atoms with van der Waals surface area (Å²) in [4.78, 5) is 2.28. The van der Waals surface area contributed by atoms with Crippen molar-refractivity contribution in [2.45, 2.75) is 18.6 Å². The zero-order chi connectivity index (χ0) is 13.7. The van der Waals surface area contributed by atoms with E-state index in [-0.39, 0.29) is 5.75 Å². The van der Waals surface area contributed by atoms with Gasteiger partial charge in [-0.3, -0.25) is 0 Å². The molecule has 106 valence electrons. The fourth-order valence-electron chi connectivity index (χ4n) is 2.32. The minimum atomic E-state index is -3.28. The molecule has 1 aromatic rings. The quantitative estimate of drug-likeness (QED) is 0.757. The highest BCUT2D eigenvalue weighted by atomic mass is 32.2. The van der Waals surface area contributed by atoms with Gasteiger partial charge in [0.15, 0.2) is 0 Å². The molecule has 0 spiro atoms. The van der Waals surface area contributed by atoms with Crippen molar-refractivity contribution in [1.29, 1.82) is 0 Å². The molecule has 0 atom stereocenters. The van der Waals surface area contributed by atoms with Gasteiger partial charge in [-0.2, -0.15) is 0 Å². The van der Waals surface area contributed by atoms with Crippen LogP contribution in [0, 0.1) is 0 Å². The molecule has 0 radical (unpaired) electrons. The lowest BCUT2D eigenvalue weighted by atomic mass is 10.2. The van der Waals surface area contributed by atoms with Crippen LogP contribution in [0.15, 0.2) is 24.3 Å². The van der Waals surface area contributed by atoms with Crippen LogP contribution in [0.1, 0.15) is 18.4 Å². The van der Waals surface area contributed by atoms with Crippen LogP contribution >= 0.6 is 0 Å². The number of likely N-dealkylation sites (tertiary alicyclic amines) is 1. The summed E-state index contributed by atoms with van der Waals surface area (Å²) in [6.45, 7) is 3.43. The summed E-state index contributed by atoms with van der Waals surface area (Å²) in [5.41, 5.74) is 6.94. The smallest absolute Gasteiger partial charge is 0.215 e. The summed E-state index contributed by atoms with van der Waals surface area (Å²) in [6.07, 6.45) is 2.44. The number of nitrogens with one attached hydrogen (secondary N) is 1. The first-order valence-electron chi connectivity index (χ1n) is 6.59. The highest BCUT2D eigenvalue weighted by Gasteiger charge is 2.14. The molecule has 1 aromatic carbocycles. The first kappa shape index (κ1) is 14.3. The SMILES string of the molecule is Nc1cccc(CS(=O)(=O)NCCN2CCCC2)c1. The van der Waals surface area contributed by atoms with Gasteiger partial charge in [0.05, 0.1) is 5.75 Å². The van der Waals surface area contributed by atoms with E-state index in [9.17, 15) is 8.42 Å². The van der Waals surface area contributed by atoms with Crippen LogP contribution in [0.25, 0.3) is 0 Å². The van der Waals surface area contributed by atoms with E-state index in [1.54, 1.807) is 24.3 Å². The van der Waals surface area contributed by atoms with Crippen LogP contribution in [0.5, 0.6) is 0 Å². The first-order valence-corrected chi connectivity index (χ1v) is 8.24. The van der Waals surface area contributed by atoms with Gasteiger partial charge in [0.2, 0.25) is 10.0 Å². The number of hydrogen-bond donors (Lipinski definition) is 2. The topological polar surface area (TPSA) is 75.4 Å². The fourth-order valence-corrected chi connectivity index (χ4v) is 3.44. The van der Waals surface area contributed by atoms with Crippen molar-refractivity contribution in [2.24, 2.45) is 0 Å². The van der Waals surface area contributed by atoms with E-state index >= 15 is 0 Å². The largest absolute Gasteiger partial charge is 0.399 e. The number of nitrogens with two attached hydrogens (primary N) is 1. The van der Waals surface area contributed by atoms with Gasteiger partial charge in [-0.1, -0.05) is 12.1 Å². The molecule has 1 heterocycles. The zero-order valence-electron chi connectivity index (χ0n) is 11.0. The van der Waals surface area contributed by atoms with Gasteiger partial charge >= 0.3 is 0 Å². The second-order valence-corrected chi connectivity index (χ2v) is 6.75. The van der Waals surface area contributed by atoms with Gasteiger partial charge in [0, 0.05) is 18.8 Å². The van der Waals surface area contributed by atoms with Gasteiger partial charge in [-0.05, 0) is 43.6 Å². The van der Waals surface area contributed by atoms with Crippen molar-refractivity contribution < 1.29 is 8.42 Å². The summed E-state index contributed by atoms with van der Waals surface area (Å²) < 4.78 is 26.5. The Morgan fingerprint density at radius 1 is 1.26 bits per heavy atom. The number of anilines is 1. The molecule has 1 saturated heterocycles. The van der Waals surface area contributed by atoms with Crippen LogP contribution in [-0.2, 0) is 15.8 Å². The Morgan fingerprint density at radius 2 is 2.00 bits per heavy atom. The maximum Gasteiger partial charge on any atom is 0.215 e. The van der Waals surface area contributed by atoms with E-state index in [4.69, 9.17) is 5.73 Å². The molecule has 1 aliphatic heterocycles. The zero-order valence-corrected chi connectivity index (χ0v) is 11.8. The third-order valence-corrected chi connectivity index (χ3v) is 4.61. The van der Waals surface area contributed by atoms with Crippen molar-refractivity contribution in [2.75, 3.05) is 31.9 Å². The minimum Gasteiger partial charge on any atom is -0.399 e. The Kier molecular flexibility index (Phi) is 4.79. The molecule has 0 bridgehead atoms. The lowest BCUT2D eigenvalue weighted by Gasteiger charge is -2.14. The van der Waals surface area contributed by atoms with E-state index in [1.807, 2.05) is 0 Å². The van der Waals surface area contributed by atoms with Crippen LogP contribution in [0.3, 0.4) is 0 Å². The molecule has 1 fully saturated rings. The van der Waals surface area contributed by atoms with Crippen LogP contribution in [0.4, 0.5) is 5.69 Å². The van der Waals surface area contributed by atoms with Gasteiger partial charge < -0.3 is 10.6 Å². The predicted octanol–water partition coefficient (Wildman–Crippen LogP) is 0.784. The maximum absolute atomic E-state index is 11.9. The van der Waals surface area contributed by atoms with Gasteiger partial charge in [-0.25, -0.2) is 13.1 Å². The molecule has 5 nitrogen and oxygen atoms in total. The fraction of sp³-hybridized carbons (Fsp3) is 0.538. The van der Waals surface area contributed by atoms with Crippen molar-refractivity contribution >= 4 is 15.7 Å². The molecular formula is C13H21N3O2S. The monoisotopic (exact) mass is 283 g/mol. The Hall–Kier alpha value is -1.11. The minimum absolute atomic E-state index is 0.0158. The normalized spacial score (nSPS) is 16.8. The van der Waals surface area contributed by atoms with Gasteiger partial charge in [0.25, 0.3) is 0 Å². The molecule has 2 rings (SSSR count). The second kappa shape index (κ2) is 6.36. The van der Waals surface area contributed by atoms with E-state index in [1.165, 1.54) is 12.8 Å². The van der Waals surface area contributed by atoms with E-state index in [2.05, 4.69) is 9.62 Å². The molecule has 1 aliphatic rings. The summed E-state index contributed by atoms with van der Waals surface area (Å²) in [5, 5.41) is 0. The highest BCUT2D eigenvalue weighted by Crippen LogP contribution is 2.10. The third-order valence-electron chi connectivity index (χ3n) is 3.26. The Bertz CT molecular complexity index is 510. The Labute approximate surface area is 114 Å². The third kappa shape index (κ3) is 4.81. The predicted molar refractivity (Wildman–Crippen MR) is 77.2 cm³/mol. The van der Waals surface area contributed by atoms with Crippen LogP contribution < -0.4 is 10.5 Å². The number of hydrogen-bond acceptors (Lipinski definition) is 4. The van der Waals surface area contributed by atoms with Crippen LogP contribution in [-0.4, -0.2) is 39.5 Å². The van der Waals surface area contributed by atoms with Gasteiger partial charge in [-0.15, -0.1) is 0 Å². The highest BCUT2D eigenvalue weighted by molar-refractivity contribution is 7.88. The molecular weight excluding hydrogens is 262 g/mol. The first-order chi connectivity index (χ1) is 9.05. The van der Waals surface area contributed by atoms with Crippen LogP contribution in [0.2, 0.25) is 0 Å². The van der Waals surface area contributed by atoms with Crippen molar-refractivity contribution in [3.05, 3.63) is 29.8 Å². The average Bonchev–Trinajstić information content (AvgIpc) is 2.81. The average molecular weight is 283 g/mol. The molecule has 0 unspecified atom stereocenters. The molecule has 0 aromatic heterocycles. The Morgan fingerprint density at radius 3 is 2.68 bits per heavy atom. The van der Waals surface area contributed by atoms with E-state index < -0.39 is 10.0 Å². The number of sulfonamides is 1. The number of rotatable bonds is 6.